The number of ether oxygens (including phenoxy) is 1. The Kier molecular flexibility index (Phi) is 6.49. The van der Waals surface area contributed by atoms with Crippen LogP contribution in [-0.2, 0) is 21.2 Å². The van der Waals surface area contributed by atoms with E-state index in [1.165, 1.54) is 0 Å². The first-order valence-corrected chi connectivity index (χ1v) is 8.39. The number of nitrogens with one attached hydrogen (secondary N) is 1. The summed E-state index contributed by atoms with van der Waals surface area (Å²) in [6.45, 7) is 5.56. The summed E-state index contributed by atoms with van der Waals surface area (Å²) in [5, 5.41) is 2.25. The van der Waals surface area contributed by atoms with Gasteiger partial charge in [0.15, 0.2) is 0 Å². The van der Waals surface area contributed by atoms with Crippen molar-refractivity contribution in [3.05, 3.63) is 35.9 Å². The van der Waals surface area contributed by atoms with E-state index in [9.17, 15) is 9.00 Å². The molecule has 0 saturated carbocycles. The number of carbonyl (C=O) groups excluding carboxylic acids is 1. The lowest BCUT2D eigenvalue weighted by Gasteiger charge is -2.21. The van der Waals surface area contributed by atoms with Gasteiger partial charge in [0.25, 0.3) is 0 Å². The predicted octanol–water partition coefficient (Wildman–Crippen LogP) is 3.02. The molecule has 0 bridgehead atoms. The number of amides is 1. The molecule has 112 valence electrons. The smallest absolute Gasteiger partial charge is 0.407 e. The Morgan fingerprint density at radius 2 is 1.95 bits per heavy atom. The first-order chi connectivity index (χ1) is 9.28. The number of alkyl carbamates (subject to hydrolysis) is 1. The summed E-state index contributed by atoms with van der Waals surface area (Å²) in [6.07, 6.45) is 0.00455. The largest absolute Gasteiger partial charge is 0.444 e. The van der Waals surface area contributed by atoms with Crippen LogP contribution in [0.4, 0.5) is 4.79 Å². The third kappa shape index (κ3) is 6.91. The van der Waals surface area contributed by atoms with Gasteiger partial charge in [-0.2, -0.15) is 0 Å². The minimum absolute atomic E-state index is 0.208. The molecule has 0 radical (unpaired) electrons. The van der Waals surface area contributed by atoms with Crippen LogP contribution in [0.1, 0.15) is 26.3 Å². The van der Waals surface area contributed by atoms with Gasteiger partial charge in [-0.15, -0.1) is 0 Å². The zero-order chi connectivity index (χ0) is 15.2. The van der Waals surface area contributed by atoms with Gasteiger partial charge in [-0.05, 0) is 43.4 Å². The Hall–Kier alpha value is -1.07. The van der Waals surface area contributed by atoms with Crippen molar-refractivity contribution in [2.75, 3.05) is 6.54 Å². The molecule has 0 aliphatic carbocycles. The van der Waals surface area contributed by atoms with Crippen LogP contribution >= 0.6 is 10.7 Å². The molecule has 0 aliphatic heterocycles. The van der Waals surface area contributed by atoms with E-state index in [4.69, 9.17) is 15.4 Å². The van der Waals surface area contributed by atoms with Gasteiger partial charge in [0.05, 0.1) is 5.25 Å². The lowest BCUT2D eigenvalue weighted by molar-refractivity contribution is 0.0528. The molecule has 6 heteroatoms. The van der Waals surface area contributed by atoms with Crippen LogP contribution in [0, 0.1) is 0 Å². The molecular weight excluding hydrogens is 298 g/mol. The lowest BCUT2D eigenvalue weighted by Crippen LogP contribution is -2.38. The second-order valence-electron chi connectivity index (χ2n) is 5.44. The van der Waals surface area contributed by atoms with Crippen molar-refractivity contribution in [2.24, 2.45) is 0 Å². The van der Waals surface area contributed by atoms with E-state index in [2.05, 4.69) is 5.32 Å². The highest BCUT2D eigenvalue weighted by atomic mass is 35.7. The summed E-state index contributed by atoms with van der Waals surface area (Å²) in [4.78, 5) is 11.6. The van der Waals surface area contributed by atoms with E-state index in [-0.39, 0.29) is 11.8 Å². The van der Waals surface area contributed by atoms with Crippen LogP contribution in [0.2, 0.25) is 0 Å². The maximum Gasteiger partial charge on any atom is 0.407 e. The van der Waals surface area contributed by atoms with E-state index in [0.29, 0.717) is 6.42 Å². The van der Waals surface area contributed by atoms with Gasteiger partial charge in [0.1, 0.15) is 15.6 Å². The Balaban J connectivity index is 2.52. The Morgan fingerprint density at radius 1 is 1.35 bits per heavy atom. The number of hydrogen-bond acceptors (Lipinski definition) is 3. The fourth-order valence-electron chi connectivity index (χ4n) is 1.59. The molecule has 0 spiro atoms. The van der Waals surface area contributed by atoms with Gasteiger partial charge >= 0.3 is 6.09 Å². The van der Waals surface area contributed by atoms with Crippen LogP contribution in [0.3, 0.4) is 0 Å². The third-order valence-corrected chi connectivity index (χ3v) is 4.05. The first kappa shape index (κ1) is 17.0. The Morgan fingerprint density at radius 3 is 2.45 bits per heavy atom. The molecule has 2 atom stereocenters. The highest BCUT2D eigenvalue weighted by Gasteiger charge is 2.20. The van der Waals surface area contributed by atoms with Crippen molar-refractivity contribution in [3.63, 3.8) is 0 Å². The molecule has 1 aromatic carbocycles. The SMILES string of the molecule is CC(C)(C)OC(=O)NC[C@@H](Cc1ccccc1)S(=O)Cl. The van der Waals surface area contributed by atoms with Crippen molar-refractivity contribution < 1.29 is 13.7 Å². The summed E-state index contributed by atoms with van der Waals surface area (Å²) < 4.78 is 16.7. The molecule has 1 aromatic rings. The summed E-state index contributed by atoms with van der Waals surface area (Å²) >= 11 is 0. The van der Waals surface area contributed by atoms with E-state index < -0.39 is 21.7 Å². The minimum atomic E-state index is -1.54. The molecule has 1 amide bonds. The summed E-state index contributed by atoms with van der Waals surface area (Å²) in [5.74, 6) is 0. The predicted molar refractivity (Wildman–Crippen MR) is 82.2 cm³/mol. The number of benzene rings is 1. The number of halogens is 1. The van der Waals surface area contributed by atoms with Crippen molar-refractivity contribution in [1.82, 2.24) is 5.32 Å². The van der Waals surface area contributed by atoms with Crippen LogP contribution in [-0.4, -0.2) is 27.7 Å². The van der Waals surface area contributed by atoms with E-state index in [1.54, 1.807) is 20.8 Å². The number of hydrogen-bond donors (Lipinski definition) is 1. The Bertz CT molecular complexity index is 459. The van der Waals surface area contributed by atoms with Gasteiger partial charge in [0.2, 0.25) is 0 Å². The average Bonchev–Trinajstić information content (AvgIpc) is 2.33. The van der Waals surface area contributed by atoms with Crippen molar-refractivity contribution in [3.8, 4) is 0 Å². The third-order valence-electron chi connectivity index (χ3n) is 2.44. The molecule has 4 nitrogen and oxygen atoms in total. The van der Waals surface area contributed by atoms with Gasteiger partial charge in [-0.1, -0.05) is 30.3 Å². The molecule has 20 heavy (non-hydrogen) atoms. The lowest BCUT2D eigenvalue weighted by atomic mass is 10.1. The fraction of sp³-hybridized carbons (Fsp3) is 0.500. The zero-order valence-corrected chi connectivity index (χ0v) is 13.5. The summed E-state index contributed by atoms with van der Waals surface area (Å²) in [7, 11) is 4.15. The second kappa shape index (κ2) is 7.64. The summed E-state index contributed by atoms with van der Waals surface area (Å²) in [5.41, 5.74) is 0.469. The van der Waals surface area contributed by atoms with Crippen molar-refractivity contribution in [2.45, 2.75) is 38.0 Å². The van der Waals surface area contributed by atoms with E-state index in [0.717, 1.165) is 5.56 Å². The normalized spacial score (nSPS) is 14.4. The molecule has 1 unspecified atom stereocenters. The first-order valence-electron chi connectivity index (χ1n) is 6.35. The summed E-state index contributed by atoms with van der Waals surface area (Å²) in [6, 6.07) is 9.60. The fourth-order valence-corrected chi connectivity index (χ4v) is 2.51. The molecule has 1 N–H and O–H groups in total. The van der Waals surface area contributed by atoms with Gasteiger partial charge in [-0.25, -0.2) is 9.00 Å². The Labute approximate surface area is 126 Å². The topological polar surface area (TPSA) is 55.4 Å². The van der Waals surface area contributed by atoms with Gasteiger partial charge < -0.3 is 10.1 Å². The monoisotopic (exact) mass is 317 g/mol. The molecule has 0 aromatic heterocycles. The minimum Gasteiger partial charge on any atom is -0.444 e. The van der Waals surface area contributed by atoms with Crippen LogP contribution in [0.5, 0.6) is 0 Å². The maximum atomic E-state index is 11.6. The molecule has 0 fully saturated rings. The van der Waals surface area contributed by atoms with Gasteiger partial charge in [-0.3, -0.25) is 0 Å². The van der Waals surface area contributed by atoms with E-state index in [1.807, 2.05) is 30.3 Å². The van der Waals surface area contributed by atoms with Gasteiger partial charge in [0, 0.05) is 6.54 Å². The zero-order valence-electron chi connectivity index (χ0n) is 11.9. The molecular formula is C14H20ClNO3S. The molecule has 0 heterocycles. The maximum absolute atomic E-state index is 11.6. The molecule has 1 rings (SSSR count). The second-order valence-corrected chi connectivity index (χ2v) is 7.52. The van der Waals surface area contributed by atoms with Crippen LogP contribution < -0.4 is 5.32 Å². The number of rotatable bonds is 5. The van der Waals surface area contributed by atoms with Crippen molar-refractivity contribution >= 4 is 26.8 Å². The highest BCUT2D eigenvalue weighted by Crippen LogP contribution is 2.11. The molecule has 0 aliphatic rings. The highest BCUT2D eigenvalue weighted by molar-refractivity contribution is 8.08. The van der Waals surface area contributed by atoms with Crippen LogP contribution in [0.25, 0.3) is 0 Å². The quantitative estimate of drug-likeness (QED) is 0.849. The average molecular weight is 318 g/mol. The van der Waals surface area contributed by atoms with E-state index >= 15 is 0 Å². The standard InChI is InChI=1S/C14H20ClNO3S/c1-14(2,3)19-13(17)16-10-12(20(15)18)9-11-7-5-4-6-8-11/h4-8,12H,9-10H2,1-3H3,(H,16,17)/t12-,20?/m1/s1. The number of carbonyl (C=O) groups is 1. The van der Waals surface area contributed by atoms with Crippen molar-refractivity contribution in [1.29, 1.82) is 0 Å². The van der Waals surface area contributed by atoms with Crippen LogP contribution in [0.15, 0.2) is 30.3 Å². The molecule has 0 saturated heterocycles.